The van der Waals surface area contributed by atoms with Gasteiger partial charge in [-0.05, 0) is 43.1 Å². The van der Waals surface area contributed by atoms with E-state index < -0.39 is 41.9 Å². The zero-order valence-corrected chi connectivity index (χ0v) is 30.3. The van der Waals surface area contributed by atoms with Gasteiger partial charge < -0.3 is 25.3 Å². The Kier molecular flexibility index (Phi) is 16.4. The molecule has 1 aromatic rings. The molecule has 5 amide bonds. The summed E-state index contributed by atoms with van der Waals surface area (Å²) in [6.45, 7) is 12.8. The second-order valence-corrected chi connectivity index (χ2v) is 13.4. The standard InChI is InChI=1S/C37H57N5O5/c1-13-14-15-17-20-27(8)34(44)40(10)31(25(4)5)36(46)42(12)32(26(6)7)37(47)41(11)30(24(2)3)35(45)39(9)29(33(38)43)23-28-21-18-16-19-22-28/h1,16,18-22,24-26,29-32H,14-15,17,23H2,2-12H3,(H2,38,43)/b27-20+/t29-,30-,31-,32-/m0/s1. The fraction of sp³-hybridized carbons (Fsp3) is 0.595. The van der Waals surface area contributed by atoms with Crippen LogP contribution >= 0.6 is 0 Å². The van der Waals surface area contributed by atoms with Crippen LogP contribution < -0.4 is 5.73 Å². The van der Waals surface area contributed by atoms with Crippen LogP contribution in [0.1, 0.15) is 73.3 Å². The van der Waals surface area contributed by atoms with Crippen LogP contribution in [0.5, 0.6) is 0 Å². The van der Waals surface area contributed by atoms with Crippen molar-refractivity contribution in [2.75, 3.05) is 28.2 Å². The topological polar surface area (TPSA) is 124 Å². The number of unbranched alkanes of at least 4 members (excludes halogenated alkanes) is 2. The van der Waals surface area contributed by atoms with Crippen LogP contribution in [0.25, 0.3) is 0 Å². The van der Waals surface area contributed by atoms with E-state index in [9.17, 15) is 24.0 Å². The number of likely N-dealkylation sites (N-methyl/N-ethyl adjacent to an activating group) is 4. The van der Waals surface area contributed by atoms with Crippen molar-refractivity contribution in [1.29, 1.82) is 0 Å². The third-order valence-electron chi connectivity index (χ3n) is 8.65. The number of primary amides is 1. The van der Waals surface area contributed by atoms with Crippen molar-refractivity contribution >= 4 is 29.5 Å². The van der Waals surface area contributed by atoms with E-state index in [2.05, 4.69) is 5.92 Å². The number of carbonyl (C=O) groups excluding carboxylic acids is 5. The lowest BCUT2D eigenvalue weighted by Gasteiger charge is -2.41. The van der Waals surface area contributed by atoms with Gasteiger partial charge in [0.15, 0.2) is 0 Å². The van der Waals surface area contributed by atoms with Crippen molar-refractivity contribution in [2.24, 2.45) is 23.5 Å². The minimum absolute atomic E-state index is 0.231. The molecule has 0 radical (unpaired) electrons. The Balaban J connectivity index is 3.35. The van der Waals surface area contributed by atoms with Gasteiger partial charge in [0.05, 0.1) is 0 Å². The average Bonchev–Trinajstić information content (AvgIpc) is 3.00. The molecule has 47 heavy (non-hydrogen) atoms. The van der Waals surface area contributed by atoms with E-state index >= 15 is 0 Å². The minimum Gasteiger partial charge on any atom is -0.368 e. The van der Waals surface area contributed by atoms with Crippen LogP contribution in [0.15, 0.2) is 42.0 Å². The maximum atomic E-state index is 14.2. The molecule has 0 bridgehead atoms. The lowest BCUT2D eigenvalue weighted by atomic mass is 9.94. The summed E-state index contributed by atoms with van der Waals surface area (Å²) in [6.07, 6.45) is 9.43. The van der Waals surface area contributed by atoms with E-state index in [-0.39, 0.29) is 36.0 Å². The van der Waals surface area contributed by atoms with Gasteiger partial charge in [0.1, 0.15) is 24.2 Å². The maximum absolute atomic E-state index is 14.2. The van der Waals surface area contributed by atoms with Gasteiger partial charge in [0.25, 0.3) is 0 Å². The van der Waals surface area contributed by atoms with E-state index in [0.717, 1.165) is 12.0 Å². The molecule has 1 aromatic carbocycles. The van der Waals surface area contributed by atoms with Gasteiger partial charge in [-0.1, -0.05) is 78.0 Å². The lowest BCUT2D eigenvalue weighted by Crippen LogP contribution is -2.61. The molecule has 0 aliphatic heterocycles. The van der Waals surface area contributed by atoms with Gasteiger partial charge in [-0.15, -0.1) is 12.3 Å². The summed E-state index contributed by atoms with van der Waals surface area (Å²) < 4.78 is 0. The molecule has 4 atom stereocenters. The number of amides is 5. The molecular formula is C37H57N5O5. The van der Waals surface area contributed by atoms with E-state index in [0.29, 0.717) is 18.4 Å². The van der Waals surface area contributed by atoms with Crippen LogP contribution in [0.3, 0.4) is 0 Å². The average molecular weight is 652 g/mol. The van der Waals surface area contributed by atoms with Crippen LogP contribution in [-0.2, 0) is 30.4 Å². The molecule has 0 spiro atoms. The highest BCUT2D eigenvalue weighted by atomic mass is 16.2. The molecule has 10 heteroatoms. The number of nitrogens with zero attached hydrogens (tertiary/aromatic N) is 4. The van der Waals surface area contributed by atoms with Gasteiger partial charge in [-0.2, -0.15) is 0 Å². The summed E-state index contributed by atoms with van der Waals surface area (Å²) in [5.41, 5.74) is 7.12. The van der Waals surface area contributed by atoms with E-state index in [4.69, 9.17) is 12.2 Å². The van der Waals surface area contributed by atoms with Crippen LogP contribution in [0.4, 0.5) is 0 Å². The highest BCUT2D eigenvalue weighted by Crippen LogP contribution is 2.23. The minimum atomic E-state index is -0.928. The van der Waals surface area contributed by atoms with E-state index in [1.807, 2.05) is 78.0 Å². The Bertz CT molecular complexity index is 1300. The van der Waals surface area contributed by atoms with Crippen molar-refractivity contribution in [3.05, 3.63) is 47.5 Å². The molecular weight excluding hydrogens is 594 g/mol. The van der Waals surface area contributed by atoms with Gasteiger partial charge in [0, 0.05) is 46.6 Å². The highest BCUT2D eigenvalue weighted by Gasteiger charge is 2.42. The van der Waals surface area contributed by atoms with Crippen molar-refractivity contribution < 1.29 is 24.0 Å². The smallest absolute Gasteiger partial charge is 0.249 e. The highest BCUT2D eigenvalue weighted by molar-refractivity contribution is 5.98. The SMILES string of the molecule is C#CCCC/C=C(\C)C(=O)N(C)[C@H](C(=O)N(C)[C@H](C(=O)N(C)[C@H](C(=O)N(C)[C@@H](Cc1ccccc1)C(N)=O)C(C)C)C(C)C)C(C)C. The number of allylic oxidation sites excluding steroid dienone is 1. The van der Waals surface area contributed by atoms with Gasteiger partial charge >= 0.3 is 0 Å². The third kappa shape index (κ3) is 11.0. The van der Waals surface area contributed by atoms with Gasteiger partial charge in [0.2, 0.25) is 29.5 Å². The lowest BCUT2D eigenvalue weighted by molar-refractivity contribution is -0.156. The molecule has 0 heterocycles. The largest absolute Gasteiger partial charge is 0.368 e. The Morgan fingerprint density at radius 2 is 1.17 bits per heavy atom. The van der Waals surface area contributed by atoms with E-state index in [1.165, 1.54) is 26.6 Å². The molecule has 260 valence electrons. The summed E-state index contributed by atoms with van der Waals surface area (Å²) in [4.78, 5) is 73.7. The maximum Gasteiger partial charge on any atom is 0.249 e. The normalized spacial score (nSPS) is 14.2. The first-order chi connectivity index (χ1) is 21.9. The second kappa shape index (κ2) is 18.9. The molecule has 0 aliphatic carbocycles. The van der Waals surface area contributed by atoms with Crippen molar-refractivity contribution in [2.45, 2.75) is 98.3 Å². The molecule has 0 saturated heterocycles. The Morgan fingerprint density at radius 1 is 0.745 bits per heavy atom. The van der Waals surface area contributed by atoms with Crippen molar-refractivity contribution in [3.63, 3.8) is 0 Å². The van der Waals surface area contributed by atoms with Crippen molar-refractivity contribution in [1.82, 2.24) is 19.6 Å². The summed E-state index contributed by atoms with van der Waals surface area (Å²) >= 11 is 0. The first-order valence-corrected chi connectivity index (χ1v) is 16.4. The fourth-order valence-corrected chi connectivity index (χ4v) is 6.03. The molecule has 1 rings (SSSR count). The first kappa shape index (κ1) is 40.9. The van der Waals surface area contributed by atoms with Crippen LogP contribution in [0.2, 0.25) is 0 Å². The van der Waals surface area contributed by atoms with Gasteiger partial charge in [-0.3, -0.25) is 24.0 Å². The Morgan fingerprint density at radius 3 is 1.57 bits per heavy atom. The number of rotatable bonds is 17. The first-order valence-electron chi connectivity index (χ1n) is 16.4. The fourth-order valence-electron chi connectivity index (χ4n) is 6.03. The van der Waals surface area contributed by atoms with Crippen molar-refractivity contribution in [3.8, 4) is 12.3 Å². The molecule has 0 saturated carbocycles. The summed E-state index contributed by atoms with van der Waals surface area (Å²) in [6, 6.07) is 5.67. The molecule has 0 unspecified atom stereocenters. The Hall–Kier alpha value is -4.13. The summed E-state index contributed by atoms with van der Waals surface area (Å²) in [5.74, 6) is -0.447. The number of hydrogen-bond donors (Lipinski definition) is 1. The van der Waals surface area contributed by atoms with Crippen LogP contribution in [-0.4, -0.2) is 101 Å². The quantitative estimate of drug-likeness (QED) is 0.156. The van der Waals surface area contributed by atoms with E-state index in [1.54, 1.807) is 28.1 Å². The molecule has 0 aromatic heterocycles. The third-order valence-corrected chi connectivity index (χ3v) is 8.65. The number of carbonyl (C=O) groups is 5. The van der Waals surface area contributed by atoms with Gasteiger partial charge in [-0.25, -0.2) is 0 Å². The molecule has 0 aliphatic rings. The number of nitrogens with two attached hydrogens (primary N) is 1. The second-order valence-electron chi connectivity index (χ2n) is 13.4. The molecule has 2 N–H and O–H groups in total. The predicted octanol–water partition coefficient (Wildman–Crippen LogP) is 3.74. The Labute approximate surface area is 282 Å². The van der Waals surface area contributed by atoms with Crippen LogP contribution in [0, 0.1) is 30.1 Å². The summed E-state index contributed by atoms with van der Waals surface area (Å²) in [5, 5.41) is 0. The number of terminal acetylenes is 1. The predicted molar refractivity (Wildman–Crippen MR) is 187 cm³/mol. The molecule has 10 nitrogen and oxygen atoms in total. The zero-order chi connectivity index (χ0) is 36.2. The molecule has 0 fully saturated rings. The zero-order valence-electron chi connectivity index (χ0n) is 30.3. The summed E-state index contributed by atoms with van der Waals surface area (Å²) in [7, 11) is 6.24. The monoisotopic (exact) mass is 651 g/mol. The number of hydrogen-bond acceptors (Lipinski definition) is 5. The number of benzene rings is 1.